The van der Waals surface area contributed by atoms with Crippen LogP contribution >= 0.6 is 0 Å². The fourth-order valence-electron chi connectivity index (χ4n) is 3.36. The van der Waals surface area contributed by atoms with Crippen molar-refractivity contribution < 1.29 is 14.3 Å². The van der Waals surface area contributed by atoms with E-state index in [1.165, 1.54) is 0 Å². The molecule has 2 aromatic carbocycles. The van der Waals surface area contributed by atoms with Crippen LogP contribution in [0.2, 0.25) is 0 Å². The average Bonchev–Trinajstić information content (AvgIpc) is 3.51. The molecule has 2 N–H and O–H groups in total. The molecule has 2 unspecified atom stereocenters. The number of nitrogens with zero attached hydrogens (tertiary/aromatic N) is 1. The maximum absolute atomic E-state index is 12.7. The van der Waals surface area contributed by atoms with Crippen molar-refractivity contribution in [1.82, 2.24) is 4.98 Å². The van der Waals surface area contributed by atoms with Crippen molar-refractivity contribution in [1.29, 1.82) is 0 Å². The summed E-state index contributed by atoms with van der Waals surface area (Å²) in [7, 11) is 0. The lowest BCUT2D eigenvalue weighted by atomic mass is 10.2. The summed E-state index contributed by atoms with van der Waals surface area (Å²) in [5.74, 6) is -0.382. The van der Waals surface area contributed by atoms with Crippen LogP contribution < -0.4 is 15.4 Å². The van der Waals surface area contributed by atoms with Crippen LogP contribution in [0.1, 0.15) is 20.3 Å². The summed E-state index contributed by atoms with van der Waals surface area (Å²) < 4.78 is 5.74. The molecular formula is C23H23N3O3. The number of carbonyl (C=O) groups excluding carboxylic acids is 2. The zero-order valence-corrected chi connectivity index (χ0v) is 16.4. The molecule has 0 radical (unpaired) electrons. The van der Waals surface area contributed by atoms with Crippen LogP contribution in [0.5, 0.6) is 5.75 Å². The van der Waals surface area contributed by atoms with E-state index in [0.29, 0.717) is 23.5 Å². The van der Waals surface area contributed by atoms with Gasteiger partial charge in [-0.05, 0) is 44.5 Å². The number of anilines is 2. The molecule has 1 aromatic heterocycles. The summed E-state index contributed by atoms with van der Waals surface area (Å²) in [6.07, 6.45) is 2.23. The molecule has 0 bridgehead atoms. The fourth-order valence-corrected chi connectivity index (χ4v) is 3.36. The summed E-state index contributed by atoms with van der Waals surface area (Å²) in [5, 5.41) is 6.78. The minimum atomic E-state index is -0.343. The lowest BCUT2D eigenvalue weighted by molar-refractivity contribution is -0.122. The molecule has 0 aliphatic heterocycles. The molecule has 1 heterocycles. The van der Waals surface area contributed by atoms with Crippen molar-refractivity contribution in [2.45, 2.75) is 26.4 Å². The van der Waals surface area contributed by atoms with E-state index in [1.807, 2.05) is 62.4 Å². The molecule has 29 heavy (non-hydrogen) atoms. The van der Waals surface area contributed by atoms with E-state index < -0.39 is 0 Å². The minimum absolute atomic E-state index is 0.00167. The SMILES string of the molecule is CC(C)Oc1ccccc1NC(=O)C1CC1C(=O)Nc1cccc2cccnc12. The summed E-state index contributed by atoms with van der Waals surface area (Å²) in [5.41, 5.74) is 2.02. The van der Waals surface area contributed by atoms with Crippen LogP contribution in [0.25, 0.3) is 10.9 Å². The average molecular weight is 389 g/mol. The number of aromatic nitrogens is 1. The van der Waals surface area contributed by atoms with Gasteiger partial charge in [0.15, 0.2) is 0 Å². The van der Waals surface area contributed by atoms with Gasteiger partial charge < -0.3 is 15.4 Å². The Bertz CT molecular complexity index is 1060. The standard InChI is InChI=1S/C23H23N3O3/c1-14(2)29-20-11-4-3-9-18(20)25-22(27)16-13-17(16)23(28)26-19-10-5-7-15-8-6-12-24-21(15)19/h3-12,14,16-17H,13H2,1-2H3,(H,25,27)(H,26,28). The molecule has 1 aliphatic rings. The van der Waals surface area contributed by atoms with E-state index in [0.717, 1.165) is 10.9 Å². The largest absolute Gasteiger partial charge is 0.489 e. The van der Waals surface area contributed by atoms with E-state index in [2.05, 4.69) is 15.6 Å². The van der Waals surface area contributed by atoms with Gasteiger partial charge in [-0.1, -0.05) is 30.3 Å². The first kappa shape index (κ1) is 18.9. The van der Waals surface area contributed by atoms with Crippen LogP contribution in [-0.4, -0.2) is 22.9 Å². The molecule has 6 nitrogen and oxygen atoms in total. The number of benzene rings is 2. The first-order valence-electron chi connectivity index (χ1n) is 9.74. The van der Waals surface area contributed by atoms with Gasteiger partial charge in [-0.2, -0.15) is 0 Å². The number of para-hydroxylation sites is 3. The molecule has 1 fully saturated rings. The molecule has 4 rings (SSSR count). The van der Waals surface area contributed by atoms with Crippen molar-refractivity contribution in [3.8, 4) is 5.75 Å². The third kappa shape index (κ3) is 4.21. The molecule has 0 saturated heterocycles. The van der Waals surface area contributed by atoms with Crippen LogP contribution in [0.15, 0.2) is 60.8 Å². The van der Waals surface area contributed by atoms with Gasteiger partial charge in [0, 0.05) is 11.6 Å². The van der Waals surface area contributed by atoms with Gasteiger partial charge in [0.05, 0.1) is 34.8 Å². The summed E-state index contributed by atoms with van der Waals surface area (Å²) in [6, 6.07) is 16.8. The Morgan fingerprint density at radius 3 is 2.34 bits per heavy atom. The van der Waals surface area contributed by atoms with Gasteiger partial charge >= 0.3 is 0 Å². The smallest absolute Gasteiger partial charge is 0.228 e. The Balaban J connectivity index is 1.41. The number of ether oxygens (including phenoxy) is 1. The van der Waals surface area contributed by atoms with E-state index in [9.17, 15) is 9.59 Å². The maximum atomic E-state index is 12.7. The summed E-state index contributed by atoms with van der Waals surface area (Å²) in [6.45, 7) is 3.87. The first-order chi connectivity index (χ1) is 14.0. The normalized spacial score (nSPS) is 17.8. The molecule has 6 heteroatoms. The second-order valence-corrected chi connectivity index (χ2v) is 7.47. The number of hydrogen-bond donors (Lipinski definition) is 2. The number of rotatable bonds is 6. The van der Waals surface area contributed by atoms with Gasteiger partial charge in [0.25, 0.3) is 0 Å². The summed E-state index contributed by atoms with van der Waals surface area (Å²) in [4.78, 5) is 29.6. The van der Waals surface area contributed by atoms with Gasteiger partial charge in [-0.15, -0.1) is 0 Å². The highest BCUT2D eigenvalue weighted by atomic mass is 16.5. The summed E-state index contributed by atoms with van der Waals surface area (Å²) >= 11 is 0. The van der Waals surface area contributed by atoms with Crippen LogP contribution in [0.3, 0.4) is 0 Å². The van der Waals surface area contributed by atoms with Gasteiger partial charge in [0.1, 0.15) is 5.75 Å². The van der Waals surface area contributed by atoms with Gasteiger partial charge in [-0.3, -0.25) is 14.6 Å². The lowest BCUT2D eigenvalue weighted by Crippen LogP contribution is -2.21. The van der Waals surface area contributed by atoms with Gasteiger partial charge in [-0.25, -0.2) is 0 Å². The van der Waals surface area contributed by atoms with E-state index in [-0.39, 0.29) is 29.8 Å². The maximum Gasteiger partial charge on any atom is 0.228 e. The van der Waals surface area contributed by atoms with Crippen LogP contribution in [-0.2, 0) is 9.59 Å². The number of nitrogens with one attached hydrogen (secondary N) is 2. The predicted octanol–water partition coefficient (Wildman–Crippen LogP) is 4.24. The quantitative estimate of drug-likeness (QED) is 0.661. The Hall–Kier alpha value is -3.41. The lowest BCUT2D eigenvalue weighted by Gasteiger charge is -2.14. The molecule has 1 aliphatic carbocycles. The second kappa shape index (κ2) is 7.91. The highest BCUT2D eigenvalue weighted by Crippen LogP contribution is 2.41. The van der Waals surface area contributed by atoms with Crippen molar-refractivity contribution in [3.05, 3.63) is 60.8 Å². The molecular weight excluding hydrogens is 366 g/mol. The van der Waals surface area contributed by atoms with E-state index in [1.54, 1.807) is 12.3 Å². The minimum Gasteiger partial charge on any atom is -0.489 e. The number of carbonyl (C=O) groups is 2. The molecule has 3 aromatic rings. The number of amides is 2. The zero-order chi connectivity index (χ0) is 20.4. The Kier molecular flexibility index (Phi) is 5.16. The zero-order valence-electron chi connectivity index (χ0n) is 16.4. The van der Waals surface area contributed by atoms with Crippen molar-refractivity contribution >= 4 is 34.1 Å². The van der Waals surface area contributed by atoms with Crippen LogP contribution in [0.4, 0.5) is 11.4 Å². The monoisotopic (exact) mass is 389 g/mol. The van der Waals surface area contributed by atoms with Crippen molar-refractivity contribution in [3.63, 3.8) is 0 Å². The fraction of sp³-hybridized carbons (Fsp3) is 0.261. The molecule has 1 saturated carbocycles. The third-order valence-corrected chi connectivity index (χ3v) is 4.86. The van der Waals surface area contributed by atoms with E-state index >= 15 is 0 Å². The van der Waals surface area contributed by atoms with Crippen molar-refractivity contribution in [2.75, 3.05) is 10.6 Å². The second-order valence-electron chi connectivity index (χ2n) is 7.47. The predicted molar refractivity (Wildman–Crippen MR) is 113 cm³/mol. The van der Waals surface area contributed by atoms with Crippen LogP contribution in [0, 0.1) is 11.8 Å². The first-order valence-corrected chi connectivity index (χ1v) is 9.74. The topological polar surface area (TPSA) is 80.3 Å². The Morgan fingerprint density at radius 1 is 0.931 bits per heavy atom. The van der Waals surface area contributed by atoms with Gasteiger partial charge in [0.2, 0.25) is 11.8 Å². The highest BCUT2D eigenvalue weighted by Gasteiger charge is 2.48. The van der Waals surface area contributed by atoms with Crippen molar-refractivity contribution in [2.24, 2.45) is 11.8 Å². The molecule has 2 amide bonds. The molecule has 2 atom stereocenters. The molecule has 148 valence electrons. The third-order valence-electron chi connectivity index (χ3n) is 4.86. The highest BCUT2D eigenvalue weighted by molar-refractivity contribution is 6.06. The number of pyridine rings is 1. The Labute approximate surface area is 169 Å². The molecule has 0 spiro atoms. The Morgan fingerprint density at radius 2 is 1.59 bits per heavy atom. The van der Waals surface area contributed by atoms with E-state index in [4.69, 9.17) is 4.74 Å². The number of fused-ring (bicyclic) bond motifs is 1. The number of hydrogen-bond acceptors (Lipinski definition) is 4.